The second-order valence-electron chi connectivity index (χ2n) is 5.11. The summed E-state index contributed by atoms with van der Waals surface area (Å²) >= 11 is 0. The molecule has 0 amide bonds. The summed E-state index contributed by atoms with van der Waals surface area (Å²) in [5.74, 6) is 1.54. The summed E-state index contributed by atoms with van der Waals surface area (Å²) in [5.41, 5.74) is 21.7. The van der Waals surface area contributed by atoms with E-state index < -0.39 is 0 Å². The lowest BCUT2D eigenvalue weighted by molar-refractivity contribution is 0.323. The number of hydrogen-bond acceptors (Lipinski definition) is 5. The molecule has 6 N–H and O–H groups in total. The number of fused-ring (bicyclic) bond motifs is 1. The molecule has 3 rings (SSSR count). The first-order valence-electron chi connectivity index (χ1n) is 7.13. The maximum absolute atomic E-state index is 6.18. The van der Waals surface area contributed by atoms with Gasteiger partial charge in [-0.25, -0.2) is 0 Å². The first kappa shape index (κ1) is 14.3. The molecule has 5 heteroatoms. The van der Waals surface area contributed by atoms with Crippen LogP contribution in [0.2, 0.25) is 0 Å². The fraction of sp³-hybridized carbons (Fsp3) is 0.176. The molecule has 0 aliphatic carbocycles. The van der Waals surface area contributed by atoms with E-state index in [1.165, 1.54) is 0 Å². The van der Waals surface area contributed by atoms with E-state index in [4.69, 9.17) is 26.7 Å². The van der Waals surface area contributed by atoms with Crippen LogP contribution in [0, 0.1) is 0 Å². The van der Waals surface area contributed by atoms with E-state index in [2.05, 4.69) is 0 Å². The molecule has 2 aromatic rings. The van der Waals surface area contributed by atoms with Crippen molar-refractivity contribution in [3.8, 4) is 11.5 Å². The van der Waals surface area contributed by atoms with Gasteiger partial charge >= 0.3 is 0 Å². The van der Waals surface area contributed by atoms with Crippen LogP contribution in [-0.4, -0.2) is 19.8 Å². The molecule has 0 spiro atoms. The Labute approximate surface area is 129 Å². The molecule has 0 saturated carbocycles. The van der Waals surface area contributed by atoms with E-state index in [0.29, 0.717) is 25.5 Å². The lowest BCUT2D eigenvalue weighted by Crippen LogP contribution is -2.18. The highest BCUT2D eigenvalue weighted by Crippen LogP contribution is 2.38. The SMILES string of the molecule is NCCOc1ccc2c(c1)C(c1ccc(N)cc1)=C(N)CO2. The Morgan fingerprint density at radius 3 is 2.55 bits per heavy atom. The highest BCUT2D eigenvalue weighted by molar-refractivity contribution is 5.86. The quantitative estimate of drug-likeness (QED) is 0.747. The number of anilines is 1. The van der Waals surface area contributed by atoms with Gasteiger partial charge in [0.15, 0.2) is 0 Å². The van der Waals surface area contributed by atoms with Gasteiger partial charge in [0.1, 0.15) is 24.7 Å². The monoisotopic (exact) mass is 297 g/mol. The molecule has 22 heavy (non-hydrogen) atoms. The summed E-state index contributed by atoms with van der Waals surface area (Å²) in [6, 6.07) is 13.3. The Bertz CT molecular complexity index is 708. The molecule has 1 aliphatic heterocycles. The molecule has 0 saturated heterocycles. The lowest BCUT2D eigenvalue weighted by Gasteiger charge is -2.23. The predicted molar refractivity (Wildman–Crippen MR) is 87.6 cm³/mol. The molecule has 5 nitrogen and oxygen atoms in total. The molecular weight excluding hydrogens is 278 g/mol. The van der Waals surface area contributed by atoms with Crippen molar-refractivity contribution in [2.24, 2.45) is 11.5 Å². The topological polar surface area (TPSA) is 96.5 Å². The zero-order valence-electron chi connectivity index (χ0n) is 12.2. The Morgan fingerprint density at radius 1 is 1.05 bits per heavy atom. The Kier molecular flexibility index (Phi) is 3.89. The maximum atomic E-state index is 6.18. The normalized spacial score (nSPS) is 13.5. The first-order valence-corrected chi connectivity index (χ1v) is 7.13. The van der Waals surface area contributed by atoms with Crippen LogP contribution in [0.3, 0.4) is 0 Å². The number of nitrogens with two attached hydrogens (primary N) is 3. The van der Waals surface area contributed by atoms with E-state index in [1.54, 1.807) is 0 Å². The van der Waals surface area contributed by atoms with Crippen LogP contribution in [0.4, 0.5) is 5.69 Å². The minimum atomic E-state index is 0.371. The van der Waals surface area contributed by atoms with E-state index in [0.717, 1.165) is 33.9 Å². The van der Waals surface area contributed by atoms with Crippen molar-refractivity contribution in [3.05, 3.63) is 59.3 Å². The summed E-state index contributed by atoms with van der Waals surface area (Å²) < 4.78 is 11.3. The van der Waals surface area contributed by atoms with Crippen LogP contribution in [-0.2, 0) is 0 Å². The van der Waals surface area contributed by atoms with Crippen molar-refractivity contribution in [2.75, 3.05) is 25.5 Å². The van der Waals surface area contributed by atoms with Crippen molar-refractivity contribution in [1.82, 2.24) is 0 Å². The van der Waals surface area contributed by atoms with Gasteiger partial charge in [-0.2, -0.15) is 0 Å². The van der Waals surface area contributed by atoms with Gasteiger partial charge in [0.05, 0.1) is 5.70 Å². The second-order valence-corrected chi connectivity index (χ2v) is 5.11. The molecule has 0 fully saturated rings. The van der Waals surface area contributed by atoms with Gasteiger partial charge in [-0.05, 0) is 35.9 Å². The zero-order chi connectivity index (χ0) is 15.5. The van der Waals surface area contributed by atoms with Gasteiger partial charge in [-0.3, -0.25) is 0 Å². The van der Waals surface area contributed by atoms with Gasteiger partial charge < -0.3 is 26.7 Å². The number of benzene rings is 2. The van der Waals surface area contributed by atoms with Crippen LogP contribution in [0.15, 0.2) is 48.2 Å². The molecule has 0 unspecified atom stereocenters. The summed E-state index contributed by atoms with van der Waals surface area (Å²) in [5, 5.41) is 0. The first-order chi connectivity index (χ1) is 10.7. The average molecular weight is 297 g/mol. The summed E-state index contributed by atoms with van der Waals surface area (Å²) in [6.45, 7) is 1.31. The van der Waals surface area contributed by atoms with Crippen molar-refractivity contribution in [2.45, 2.75) is 0 Å². The third kappa shape index (κ3) is 2.71. The maximum Gasteiger partial charge on any atom is 0.128 e. The fourth-order valence-electron chi connectivity index (χ4n) is 2.49. The standard InChI is InChI=1S/C17H19N3O2/c18-7-8-21-13-5-6-16-14(9-13)17(15(20)10-22-16)11-1-3-12(19)4-2-11/h1-6,9H,7-8,10,18-20H2. The van der Waals surface area contributed by atoms with Gasteiger partial charge in [0.2, 0.25) is 0 Å². The highest BCUT2D eigenvalue weighted by Gasteiger charge is 2.20. The lowest BCUT2D eigenvalue weighted by atomic mass is 9.93. The highest BCUT2D eigenvalue weighted by atomic mass is 16.5. The molecule has 114 valence electrons. The van der Waals surface area contributed by atoms with Crippen molar-refractivity contribution < 1.29 is 9.47 Å². The number of rotatable bonds is 4. The van der Waals surface area contributed by atoms with Crippen molar-refractivity contribution in [1.29, 1.82) is 0 Å². The van der Waals surface area contributed by atoms with Crippen LogP contribution in [0.1, 0.15) is 11.1 Å². The third-order valence-electron chi connectivity index (χ3n) is 3.51. The number of ether oxygens (including phenoxy) is 2. The summed E-state index contributed by atoms with van der Waals surface area (Å²) in [4.78, 5) is 0. The van der Waals surface area contributed by atoms with E-state index in [-0.39, 0.29) is 0 Å². The molecule has 0 aromatic heterocycles. The molecule has 0 atom stereocenters. The Balaban J connectivity index is 2.05. The van der Waals surface area contributed by atoms with Crippen LogP contribution in [0.25, 0.3) is 5.57 Å². The molecule has 1 aliphatic rings. The molecule has 1 heterocycles. The van der Waals surface area contributed by atoms with Crippen LogP contribution >= 0.6 is 0 Å². The average Bonchev–Trinajstić information content (AvgIpc) is 2.54. The van der Waals surface area contributed by atoms with Gasteiger partial charge in [-0.1, -0.05) is 12.1 Å². The van der Waals surface area contributed by atoms with E-state index in [1.807, 2.05) is 42.5 Å². The molecule has 0 bridgehead atoms. The van der Waals surface area contributed by atoms with Crippen LogP contribution in [0.5, 0.6) is 11.5 Å². The summed E-state index contributed by atoms with van der Waals surface area (Å²) in [7, 11) is 0. The fourth-order valence-corrected chi connectivity index (χ4v) is 2.49. The molecule has 2 aromatic carbocycles. The second kappa shape index (κ2) is 5.99. The van der Waals surface area contributed by atoms with Gasteiger partial charge in [0, 0.05) is 23.4 Å². The largest absolute Gasteiger partial charge is 0.492 e. The Morgan fingerprint density at radius 2 is 1.82 bits per heavy atom. The van der Waals surface area contributed by atoms with E-state index >= 15 is 0 Å². The molecule has 0 radical (unpaired) electrons. The number of nitrogen functional groups attached to an aromatic ring is 1. The Hall–Kier alpha value is -2.66. The van der Waals surface area contributed by atoms with Gasteiger partial charge in [0.25, 0.3) is 0 Å². The van der Waals surface area contributed by atoms with Gasteiger partial charge in [-0.15, -0.1) is 0 Å². The minimum absolute atomic E-state index is 0.371. The van der Waals surface area contributed by atoms with Crippen molar-refractivity contribution >= 4 is 11.3 Å². The predicted octanol–water partition coefficient (Wildman–Crippen LogP) is 1.72. The molecular formula is C17H19N3O2. The number of hydrogen-bond donors (Lipinski definition) is 3. The third-order valence-corrected chi connectivity index (χ3v) is 3.51. The zero-order valence-corrected chi connectivity index (χ0v) is 12.2. The van der Waals surface area contributed by atoms with Crippen molar-refractivity contribution in [3.63, 3.8) is 0 Å². The summed E-state index contributed by atoms with van der Waals surface area (Å²) in [6.07, 6.45) is 0. The van der Waals surface area contributed by atoms with E-state index in [9.17, 15) is 0 Å². The minimum Gasteiger partial charge on any atom is -0.492 e. The van der Waals surface area contributed by atoms with Crippen LogP contribution < -0.4 is 26.7 Å². The smallest absolute Gasteiger partial charge is 0.128 e.